The SMILES string of the molecule is CC(C)(C)c1cccc2ccc(C#N)nc12. The number of para-hydroxylation sites is 1. The molecule has 16 heavy (non-hydrogen) atoms. The van der Waals surface area contributed by atoms with Gasteiger partial charge >= 0.3 is 0 Å². The van der Waals surface area contributed by atoms with E-state index in [1.165, 1.54) is 5.56 Å². The van der Waals surface area contributed by atoms with Crippen LogP contribution in [0, 0.1) is 11.3 Å². The van der Waals surface area contributed by atoms with Crippen LogP contribution in [0.5, 0.6) is 0 Å². The van der Waals surface area contributed by atoms with E-state index < -0.39 is 0 Å². The first kappa shape index (κ1) is 10.6. The number of pyridine rings is 1. The van der Waals surface area contributed by atoms with E-state index in [0.29, 0.717) is 5.69 Å². The van der Waals surface area contributed by atoms with Gasteiger partial charge in [0.25, 0.3) is 0 Å². The summed E-state index contributed by atoms with van der Waals surface area (Å²) in [5.41, 5.74) is 2.64. The molecule has 0 unspecified atom stereocenters. The summed E-state index contributed by atoms with van der Waals surface area (Å²) < 4.78 is 0. The topological polar surface area (TPSA) is 36.7 Å². The van der Waals surface area contributed by atoms with Gasteiger partial charge in [0, 0.05) is 5.39 Å². The van der Waals surface area contributed by atoms with Gasteiger partial charge in [-0.3, -0.25) is 0 Å². The van der Waals surface area contributed by atoms with Crippen LogP contribution in [0.3, 0.4) is 0 Å². The fourth-order valence-electron chi connectivity index (χ4n) is 1.81. The highest BCUT2D eigenvalue weighted by molar-refractivity contribution is 5.83. The molecule has 0 aliphatic rings. The zero-order valence-electron chi connectivity index (χ0n) is 9.78. The maximum absolute atomic E-state index is 8.88. The van der Waals surface area contributed by atoms with Gasteiger partial charge in [0.05, 0.1) is 5.52 Å². The highest BCUT2D eigenvalue weighted by atomic mass is 14.7. The summed E-state index contributed by atoms with van der Waals surface area (Å²) in [6.45, 7) is 6.47. The Kier molecular flexibility index (Phi) is 2.40. The molecule has 2 aromatic rings. The number of hydrogen-bond acceptors (Lipinski definition) is 2. The van der Waals surface area contributed by atoms with Crippen molar-refractivity contribution in [2.24, 2.45) is 0 Å². The van der Waals surface area contributed by atoms with Crippen LogP contribution in [0.15, 0.2) is 30.3 Å². The van der Waals surface area contributed by atoms with Crippen molar-refractivity contribution in [3.63, 3.8) is 0 Å². The van der Waals surface area contributed by atoms with Crippen LogP contribution in [0.2, 0.25) is 0 Å². The lowest BCUT2D eigenvalue weighted by Crippen LogP contribution is -2.12. The van der Waals surface area contributed by atoms with E-state index in [1.807, 2.05) is 18.2 Å². The number of nitriles is 1. The third-order valence-corrected chi connectivity index (χ3v) is 2.64. The first-order valence-corrected chi connectivity index (χ1v) is 5.33. The molecule has 0 amide bonds. The molecule has 1 heterocycles. The van der Waals surface area contributed by atoms with E-state index in [-0.39, 0.29) is 5.41 Å². The van der Waals surface area contributed by atoms with Gasteiger partial charge in [-0.1, -0.05) is 39.0 Å². The highest BCUT2D eigenvalue weighted by Crippen LogP contribution is 2.28. The second-order valence-electron chi connectivity index (χ2n) is 4.94. The predicted octanol–water partition coefficient (Wildman–Crippen LogP) is 3.40. The number of fused-ring (bicyclic) bond motifs is 1. The van der Waals surface area contributed by atoms with Crippen LogP contribution >= 0.6 is 0 Å². The van der Waals surface area contributed by atoms with Crippen LogP contribution in [-0.2, 0) is 5.41 Å². The van der Waals surface area contributed by atoms with Crippen molar-refractivity contribution in [2.45, 2.75) is 26.2 Å². The molecule has 0 saturated heterocycles. The predicted molar refractivity (Wildman–Crippen MR) is 65.2 cm³/mol. The molecule has 1 aromatic heterocycles. The minimum atomic E-state index is 0.0423. The summed E-state index contributed by atoms with van der Waals surface area (Å²) in [6.07, 6.45) is 0. The standard InChI is InChI=1S/C14H14N2/c1-14(2,3)12-6-4-5-10-7-8-11(9-15)16-13(10)12/h4-8H,1-3H3. The molecule has 0 bridgehead atoms. The second-order valence-corrected chi connectivity index (χ2v) is 4.94. The summed E-state index contributed by atoms with van der Waals surface area (Å²) in [6, 6.07) is 11.9. The normalized spacial score (nSPS) is 11.4. The third-order valence-electron chi connectivity index (χ3n) is 2.64. The van der Waals surface area contributed by atoms with Crippen LogP contribution in [0.25, 0.3) is 10.9 Å². The molecule has 2 heteroatoms. The molecule has 0 radical (unpaired) electrons. The number of benzene rings is 1. The molecule has 0 spiro atoms. The molecule has 0 N–H and O–H groups in total. The number of nitrogens with zero attached hydrogens (tertiary/aromatic N) is 2. The molecule has 0 aliphatic carbocycles. The van der Waals surface area contributed by atoms with Crippen molar-refractivity contribution in [3.05, 3.63) is 41.6 Å². The molecule has 0 atom stereocenters. The Morgan fingerprint density at radius 2 is 1.88 bits per heavy atom. The average molecular weight is 210 g/mol. The van der Waals surface area contributed by atoms with Crippen molar-refractivity contribution in [1.29, 1.82) is 5.26 Å². The molecule has 0 fully saturated rings. The van der Waals surface area contributed by atoms with Crippen LogP contribution in [0.1, 0.15) is 32.0 Å². The van der Waals surface area contributed by atoms with E-state index in [9.17, 15) is 0 Å². The Labute approximate surface area is 95.6 Å². The molecule has 2 nitrogen and oxygen atoms in total. The smallest absolute Gasteiger partial charge is 0.141 e. The van der Waals surface area contributed by atoms with E-state index in [4.69, 9.17) is 5.26 Å². The summed E-state index contributed by atoms with van der Waals surface area (Å²) in [5.74, 6) is 0. The third kappa shape index (κ3) is 1.77. The van der Waals surface area contributed by atoms with Crippen molar-refractivity contribution in [3.8, 4) is 6.07 Å². The van der Waals surface area contributed by atoms with Crippen LogP contribution in [-0.4, -0.2) is 4.98 Å². The quantitative estimate of drug-likeness (QED) is 0.668. The lowest BCUT2D eigenvalue weighted by Gasteiger charge is -2.20. The van der Waals surface area contributed by atoms with Gasteiger partial charge in [-0.15, -0.1) is 0 Å². The van der Waals surface area contributed by atoms with Crippen LogP contribution < -0.4 is 0 Å². The molecule has 80 valence electrons. The van der Waals surface area contributed by atoms with Gasteiger partial charge in [0.1, 0.15) is 11.8 Å². The van der Waals surface area contributed by atoms with Gasteiger partial charge in [-0.05, 0) is 23.1 Å². The fraction of sp³-hybridized carbons (Fsp3) is 0.286. The maximum atomic E-state index is 8.88. The lowest BCUT2D eigenvalue weighted by atomic mass is 9.85. The molecular weight excluding hydrogens is 196 g/mol. The van der Waals surface area contributed by atoms with Gasteiger partial charge in [-0.2, -0.15) is 5.26 Å². The van der Waals surface area contributed by atoms with Gasteiger partial charge in [-0.25, -0.2) is 4.98 Å². The summed E-state index contributed by atoms with van der Waals surface area (Å²) >= 11 is 0. The zero-order chi connectivity index (χ0) is 11.8. The number of hydrogen-bond donors (Lipinski definition) is 0. The largest absolute Gasteiger partial charge is 0.237 e. The Balaban J connectivity index is 2.80. The number of rotatable bonds is 0. The Morgan fingerprint density at radius 1 is 1.12 bits per heavy atom. The van der Waals surface area contributed by atoms with Crippen molar-refractivity contribution in [1.82, 2.24) is 4.98 Å². The molecular formula is C14H14N2. The van der Waals surface area contributed by atoms with E-state index in [0.717, 1.165) is 10.9 Å². The van der Waals surface area contributed by atoms with Crippen molar-refractivity contribution in [2.75, 3.05) is 0 Å². The highest BCUT2D eigenvalue weighted by Gasteiger charge is 2.17. The fourth-order valence-corrected chi connectivity index (χ4v) is 1.81. The van der Waals surface area contributed by atoms with Crippen molar-refractivity contribution < 1.29 is 0 Å². The lowest BCUT2D eigenvalue weighted by molar-refractivity contribution is 0.594. The first-order valence-electron chi connectivity index (χ1n) is 5.33. The molecule has 0 aliphatic heterocycles. The minimum Gasteiger partial charge on any atom is -0.237 e. The van der Waals surface area contributed by atoms with Gasteiger partial charge in [0.2, 0.25) is 0 Å². The van der Waals surface area contributed by atoms with Crippen LogP contribution in [0.4, 0.5) is 0 Å². The number of aromatic nitrogens is 1. The Hall–Kier alpha value is -1.88. The molecule has 0 saturated carbocycles. The molecule has 1 aromatic carbocycles. The van der Waals surface area contributed by atoms with E-state index in [2.05, 4.69) is 37.9 Å². The van der Waals surface area contributed by atoms with E-state index >= 15 is 0 Å². The summed E-state index contributed by atoms with van der Waals surface area (Å²) in [4.78, 5) is 4.40. The van der Waals surface area contributed by atoms with Gasteiger partial charge < -0.3 is 0 Å². The average Bonchev–Trinajstić information content (AvgIpc) is 2.26. The van der Waals surface area contributed by atoms with Crippen molar-refractivity contribution >= 4 is 10.9 Å². The zero-order valence-corrected chi connectivity index (χ0v) is 9.78. The monoisotopic (exact) mass is 210 g/mol. The Morgan fingerprint density at radius 3 is 2.50 bits per heavy atom. The van der Waals surface area contributed by atoms with Gasteiger partial charge in [0.15, 0.2) is 0 Å². The minimum absolute atomic E-state index is 0.0423. The second kappa shape index (κ2) is 3.61. The Bertz CT molecular complexity index is 571. The summed E-state index contributed by atoms with van der Waals surface area (Å²) in [7, 11) is 0. The maximum Gasteiger partial charge on any atom is 0.141 e. The molecule has 2 rings (SSSR count). The van der Waals surface area contributed by atoms with E-state index in [1.54, 1.807) is 6.07 Å². The first-order chi connectivity index (χ1) is 7.52. The summed E-state index contributed by atoms with van der Waals surface area (Å²) in [5, 5.41) is 9.97.